The summed E-state index contributed by atoms with van der Waals surface area (Å²) in [5, 5.41) is 6.62. The number of nitrogen functional groups attached to an aromatic ring is 1. The second-order valence-electron chi connectivity index (χ2n) is 6.78. The normalized spacial score (nSPS) is 10.7. The Kier molecular flexibility index (Phi) is 5.26. The summed E-state index contributed by atoms with van der Waals surface area (Å²) in [6.07, 6.45) is 2.09. The van der Waals surface area contributed by atoms with Crippen LogP contribution in [0.1, 0.15) is 13.3 Å². The third-order valence-electron chi connectivity index (χ3n) is 4.63. The lowest BCUT2D eigenvalue weighted by atomic mass is 10.0. The predicted octanol–water partition coefficient (Wildman–Crippen LogP) is 5.11. The Morgan fingerprint density at radius 3 is 2.73 bits per heavy atom. The first-order chi connectivity index (χ1) is 14.5. The van der Waals surface area contributed by atoms with E-state index >= 15 is 0 Å². The summed E-state index contributed by atoms with van der Waals surface area (Å²) < 4.78 is 14.1. The molecule has 0 aliphatic carbocycles. The number of rotatable bonds is 5. The van der Waals surface area contributed by atoms with Gasteiger partial charge in [-0.25, -0.2) is 14.4 Å². The van der Waals surface area contributed by atoms with Crippen molar-refractivity contribution in [2.75, 3.05) is 16.4 Å². The number of amides is 1. The highest BCUT2D eigenvalue weighted by Gasteiger charge is 2.10. The van der Waals surface area contributed by atoms with Gasteiger partial charge < -0.3 is 16.4 Å². The van der Waals surface area contributed by atoms with Crippen molar-refractivity contribution >= 4 is 39.8 Å². The van der Waals surface area contributed by atoms with E-state index in [9.17, 15) is 9.18 Å². The number of benzene rings is 3. The number of halogens is 1. The summed E-state index contributed by atoms with van der Waals surface area (Å²) in [6.45, 7) is 1.80. The van der Waals surface area contributed by atoms with Gasteiger partial charge in [0.1, 0.15) is 5.82 Å². The molecule has 0 fully saturated rings. The molecule has 0 bridgehead atoms. The minimum Gasteiger partial charge on any atom is -0.399 e. The molecule has 0 aliphatic rings. The van der Waals surface area contributed by atoms with Crippen LogP contribution in [0.4, 0.5) is 27.4 Å². The second kappa shape index (κ2) is 8.16. The van der Waals surface area contributed by atoms with Gasteiger partial charge in [0, 0.05) is 34.9 Å². The van der Waals surface area contributed by atoms with E-state index in [0.717, 1.165) is 16.5 Å². The first kappa shape index (κ1) is 19.3. The molecule has 4 rings (SSSR count). The molecule has 1 aromatic heterocycles. The maximum Gasteiger partial charge on any atom is 0.227 e. The van der Waals surface area contributed by atoms with Crippen molar-refractivity contribution in [3.8, 4) is 11.1 Å². The molecule has 6 nitrogen and oxygen atoms in total. The van der Waals surface area contributed by atoms with Crippen LogP contribution in [0, 0.1) is 5.82 Å². The summed E-state index contributed by atoms with van der Waals surface area (Å²) in [5.41, 5.74) is 9.40. The van der Waals surface area contributed by atoms with Gasteiger partial charge in [0.05, 0.1) is 11.2 Å². The topological polar surface area (TPSA) is 92.9 Å². The highest BCUT2D eigenvalue weighted by molar-refractivity contribution is 5.96. The number of hydrogen-bond acceptors (Lipinski definition) is 5. The van der Waals surface area contributed by atoms with Gasteiger partial charge in [0.2, 0.25) is 11.9 Å². The van der Waals surface area contributed by atoms with Crippen molar-refractivity contribution in [2.24, 2.45) is 0 Å². The predicted molar refractivity (Wildman–Crippen MR) is 118 cm³/mol. The Hall–Kier alpha value is -4.00. The highest BCUT2D eigenvalue weighted by Crippen LogP contribution is 2.30. The summed E-state index contributed by atoms with van der Waals surface area (Å²) in [6, 6.07) is 17.7. The van der Waals surface area contributed by atoms with E-state index in [1.807, 2.05) is 42.5 Å². The van der Waals surface area contributed by atoms with Gasteiger partial charge in [0.15, 0.2) is 0 Å². The number of carbonyl (C=O) groups is 1. The molecule has 4 N–H and O–H groups in total. The molecule has 0 aliphatic heterocycles. The Labute approximate surface area is 173 Å². The maximum atomic E-state index is 14.1. The Morgan fingerprint density at radius 1 is 1.10 bits per heavy atom. The van der Waals surface area contributed by atoms with Crippen molar-refractivity contribution in [3.05, 3.63) is 72.7 Å². The molecule has 0 atom stereocenters. The lowest BCUT2D eigenvalue weighted by Gasteiger charge is -2.11. The molecule has 150 valence electrons. The van der Waals surface area contributed by atoms with Crippen LogP contribution in [-0.2, 0) is 4.79 Å². The summed E-state index contributed by atoms with van der Waals surface area (Å²) in [7, 11) is 0. The third-order valence-corrected chi connectivity index (χ3v) is 4.63. The number of aromatic nitrogens is 2. The molecule has 0 spiro atoms. The zero-order chi connectivity index (χ0) is 21.1. The molecule has 0 radical (unpaired) electrons. The fraction of sp³-hybridized carbons (Fsp3) is 0.0870. The van der Waals surface area contributed by atoms with E-state index in [1.54, 1.807) is 25.3 Å². The number of anilines is 4. The van der Waals surface area contributed by atoms with Crippen LogP contribution in [0.15, 0.2) is 66.9 Å². The second-order valence-corrected chi connectivity index (χ2v) is 6.78. The quantitative estimate of drug-likeness (QED) is 0.404. The number of hydrogen-bond donors (Lipinski definition) is 3. The number of carbonyl (C=O) groups excluding carboxylic acids is 1. The summed E-state index contributed by atoms with van der Waals surface area (Å²) in [5.74, 6) is -0.259. The van der Waals surface area contributed by atoms with E-state index in [2.05, 4.69) is 20.6 Å². The number of nitrogens with one attached hydrogen (secondary N) is 2. The van der Waals surface area contributed by atoms with Crippen LogP contribution in [0.3, 0.4) is 0 Å². The minimum atomic E-state index is -0.480. The lowest BCUT2D eigenvalue weighted by Crippen LogP contribution is -2.09. The van der Waals surface area contributed by atoms with Crippen LogP contribution in [0.25, 0.3) is 22.0 Å². The van der Waals surface area contributed by atoms with Crippen molar-refractivity contribution in [2.45, 2.75) is 13.3 Å². The molecular weight excluding hydrogens is 381 g/mol. The fourth-order valence-corrected chi connectivity index (χ4v) is 3.12. The van der Waals surface area contributed by atoms with E-state index in [1.165, 1.54) is 6.07 Å². The molecule has 0 saturated carbocycles. The minimum absolute atomic E-state index is 0.0515. The summed E-state index contributed by atoms with van der Waals surface area (Å²) >= 11 is 0. The van der Waals surface area contributed by atoms with Crippen LogP contribution in [0.5, 0.6) is 0 Å². The number of nitrogens with zero attached hydrogens (tertiary/aromatic N) is 2. The molecule has 1 heterocycles. The molecule has 30 heavy (non-hydrogen) atoms. The first-order valence-electron chi connectivity index (χ1n) is 9.51. The molecule has 4 aromatic rings. The van der Waals surface area contributed by atoms with Gasteiger partial charge >= 0.3 is 0 Å². The fourth-order valence-electron chi connectivity index (χ4n) is 3.12. The number of nitrogens with two attached hydrogens (primary N) is 1. The monoisotopic (exact) mass is 401 g/mol. The molecule has 3 aromatic carbocycles. The van der Waals surface area contributed by atoms with E-state index in [4.69, 9.17) is 5.73 Å². The summed E-state index contributed by atoms with van der Waals surface area (Å²) in [4.78, 5) is 20.6. The van der Waals surface area contributed by atoms with Gasteiger partial charge in [-0.3, -0.25) is 4.79 Å². The van der Waals surface area contributed by atoms with E-state index in [-0.39, 0.29) is 17.5 Å². The standard InChI is InChI=1S/C23H20FN5O/c1-2-21(30)27-17-7-3-5-14(11-17)18-8-4-6-15-13-26-23(29-22(15)18)28-20-10-9-16(25)12-19(20)24/h3-13H,2,25H2,1H3,(H,27,30)(H,26,28,29). The maximum absolute atomic E-state index is 14.1. The number of para-hydroxylation sites is 1. The van der Waals surface area contributed by atoms with Gasteiger partial charge in [-0.2, -0.15) is 0 Å². The van der Waals surface area contributed by atoms with Crippen molar-refractivity contribution in [1.29, 1.82) is 0 Å². The van der Waals surface area contributed by atoms with Gasteiger partial charge in [-0.15, -0.1) is 0 Å². The zero-order valence-corrected chi connectivity index (χ0v) is 16.3. The molecular formula is C23H20FN5O. The average molecular weight is 401 g/mol. The highest BCUT2D eigenvalue weighted by atomic mass is 19.1. The molecule has 0 saturated heterocycles. The Balaban J connectivity index is 1.73. The van der Waals surface area contributed by atoms with Crippen molar-refractivity contribution in [1.82, 2.24) is 9.97 Å². The van der Waals surface area contributed by atoms with Crippen molar-refractivity contribution in [3.63, 3.8) is 0 Å². The smallest absolute Gasteiger partial charge is 0.227 e. The van der Waals surface area contributed by atoms with Crippen LogP contribution >= 0.6 is 0 Å². The lowest BCUT2D eigenvalue weighted by molar-refractivity contribution is -0.115. The third kappa shape index (κ3) is 4.05. The average Bonchev–Trinajstić information content (AvgIpc) is 2.75. The van der Waals surface area contributed by atoms with E-state index in [0.29, 0.717) is 23.3 Å². The van der Waals surface area contributed by atoms with E-state index < -0.39 is 5.82 Å². The number of fused-ring (bicyclic) bond motifs is 1. The molecule has 1 amide bonds. The van der Waals surface area contributed by atoms with Crippen LogP contribution < -0.4 is 16.4 Å². The van der Waals surface area contributed by atoms with Crippen LogP contribution in [0.2, 0.25) is 0 Å². The first-order valence-corrected chi connectivity index (χ1v) is 9.51. The Morgan fingerprint density at radius 2 is 1.93 bits per heavy atom. The SMILES string of the molecule is CCC(=O)Nc1cccc(-c2cccc3cnc(Nc4ccc(N)cc4F)nc23)c1. The molecule has 0 unspecified atom stereocenters. The van der Waals surface area contributed by atoms with Crippen molar-refractivity contribution < 1.29 is 9.18 Å². The largest absolute Gasteiger partial charge is 0.399 e. The Bertz CT molecular complexity index is 1240. The van der Waals surface area contributed by atoms with Gasteiger partial charge in [0.25, 0.3) is 0 Å². The van der Waals surface area contributed by atoms with Gasteiger partial charge in [-0.1, -0.05) is 37.3 Å². The zero-order valence-electron chi connectivity index (χ0n) is 16.3. The van der Waals surface area contributed by atoms with Gasteiger partial charge in [-0.05, 0) is 35.9 Å². The molecule has 7 heteroatoms. The van der Waals surface area contributed by atoms with Crippen LogP contribution in [-0.4, -0.2) is 15.9 Å².